The lowest BCUT2D eigenvalue weighted by atomic mass is 9.81. The van der Waals surface area contributed by atoms with Gasteiger partial charge in [-0.1, -0.05) is 24.8 Å². The number of nitriles is 1. The third kappa shape index (κ3) is 2.16. The van der Waals surface area contributed by atoms with E-state index in [1.54, 1.807) is 6.26 Å². The summed E-state index contributed by atoms with van der Waals surface area (Å²) in [6.07, 6.45) is 4.93. The molecule has 0 saturated heterocycles. The molecule has 1 heterocycles. The summed E-state index contributed by atoms with van der Waals surface area (Å²) in [7, 11) is 0. The second-order valence-electron chi connectivity index (χ2n) is 5.70. The summed E-state index contributed by atoms with van der Waals surface area (Å²) in [4.78, 5) is 12.9. The van der Waals surface area contributed by atoms with Crippen LogP contribution in [0.25, 0.3) is 0 Å². The first-order chi connectivity index (χ1) is 10.5. The van der Waals surface area contributed by atoms with Crippen LogP contribution in [0.4, 0.5) is 5.69 Å². The second-order valence-corrected chi connectivity index (χ2v) is 6.49. The maximum Gasteiger partial charge on any atom is 0.241 e. The van der Waals surface area contributed by atoms with Crippen LogP contribution >= 0.6 is 11.8 Å². The van der Waals surface area contributed by atoms with Gasteiger partial charge in [0, 0.05) is 17.4 Å². The van der Waals surface area contributed by atoms with E-state index >= 15 is 0 Å². The molecule has 2 aliphatic rings. The molecule has 1 amide bonds. The topological polar surface area (TPSA) is 92.3 Å². The summed E-state index contributed by atoms with van der Waals surface area (Å²) in [5, 5.41) is 21.5. The number of amides is 1. The minimum absolute atomic E-state index is 0.0675. The van der Waals surface area contributed by atoms with Crippen molar-refractivity contribution in [1.82, 2.24) is 5.43 Å². The van der Waals surface area contributed by atoms with Crippen molar-refractivity contribution in [3.8, 4) is 6.19 Å². The largest absolute Gasteiger partial charge is 0.278 e. The normalized spacial score (nSPS) is 22.0. The Labute approximate surface area is 132 Å². The van der Waals surface area contributed by atoms with Crippen LogP contribution in [0.2, 0.25) is 0 Å². The number of fused-ring (bicyclic) bond motifs is 3. The van der Waals surface area contributed by atoms with E-state index in [9.17, 15) is 10.1 Å². The second kappa shape index (κ2) is 5.14. The molecule has 0 saturated carbocycles. The fraction of sp³-hybridized carbons (Fsp3) is 0.333. The van der Waals surface area contributed by atoms with Gasteiger partial charge in [0.05, 0.1) is 11.4 Å². The molecule has 112 valence electrons. The van der Waals surface area contributed by atoms with Gasteiger partial charge in [0.15, 0.2) is 11.4 Å². The first-order valence-corrected chi connectivity index (χ1v) is 8.04. The average molecular weight is 313 g/mol. The number of hydrogen-bond acceptors (Lipinski definition) is 5. The lowest BCUT2D eigenvalue weighted by Gasteiger charge is -2.27. The number of anilines is 1. The number of benzene rings is 1. The number of thioether (sulfide) groups is 1. The first kappa shape index (κ1) is 14.6. The van der Waals surface area contributed by atoms with Crippen LogP contribution < -0.4 is 10.3 Å². The molecule has 0 aromatic heterocycles. The SMILES string of the molecule is CSC(=N)N(C#N)c1ccc2c(c1)CC1(C)CC(=O)NN=C21. The van der Waals surface area contributed by atoms with E-state index in [0.29, 0.717) is 18.5 Å². The Morgan fingerprint density at radius 1 is 1.55 bits per heavy atom. The summed E-state index contributed by atoms with van der Waals surface area (Å²) in [6.45, 7) is 2.04. The fourth-order valence-corrected chi connectivity index (χ4v) is 3.42. The first-order valence-electron chi connectivity index (χ1n) is 6.81. The van der Waals surface area contributed by atoms with Crippen LogP contribution in [-0.4, -0.2) is 23.0 Å². The zero-order valence-corrected chi connectivity index (χ0v) is 13.1. The quantitative estimate of drug-likeness (QED) is 0.359. The summed E-state index contributed by atoms with van der Waals surface area (Å²) in [6, 6.07) is 5.65. The number of hydrogen-bond donors (Lipinski definition) is 2. The van der Waals surface area contributed by atoms with E-state index in [1.807, 2.05) is 31.3 Å². The van der Waals surface area contributed by atoms with Crippen molar-refractivity contribution >= 4 is 34.2 Å². The molecule has 0 fully saturated rings. The van der Waals surface area contributed by atoms with Crippen molar-refractivity contribution < 1.29 is 4.79 Å². The number of hydrazone groups is 1. The molecule has 22 heavy (non-hydrogen) atoms. The molecular formula is C15H15N5OS. The van der Waals surface area contributed by atoms with Crippen molar-refractivity contribution in [2.75, 3.05) is 11.2 Å². The highest BCUT2D eigenvalue weighted by atomic mass is 32.2. The molecule has 3 rings (SSSR count). The van der Waals surface area contributed by atoms with E-state index < -0.39 is 0 Å². The van der Waals surface area contributed by atoms with Gasteiger partial charge in [-0.05, 0) is 30.4 Å². The molecule has 2 N–H and O–H groups in total. The number of amidine groups is 1. The van der Waals surface area contributed by atoms with E-state index in [1.165, 1.54) is 16.7 Å². The van der Waals surface area contributed by atoms with Gasteiger partial charge in [0.2, 0.25) is 5.91 Å². The monoisotopic (exact) mass is 313 g/mol. The highest BCUT2D eigenvalue weighted by molar-refractivity contribution is 8.13. The summed E-state index contributed by atoms with van der Waals surface area (Å²) < 4.78 is 0. The van der Waals surface area contributed by atoms with Gasteiger partial charge >= 0.3 is 0 Å². The maximum atomic E-state index is 11.6. The van der Waals surface area contributed by atoms with E-state index in [2.05, 4.69) is 10.5 Å². The van der Waals surface area contributed by atoms with Crippen LogP contribution in [0.1, 0.15) is 24.5 Å². The summed E-state index contributed by atoms with van der Waals surface area (Å²) >= 11 is 1.21. The zero-order valence-electron chi connectivity index (χ0n) is 12.3. The molecule has 1 aliphatic heterocycles. The Balaban J connectivity index is 2.01. The van der Waals surface area contributed by atoms with Crippen LogP contribution in [0.15, 0.2) is 23.3 Å². The number of carbonyl (C=O) groups excluding carboxylic acids is 1. The van der Waals surface area contributed by atoms with Crippen molar-refractivity contribution in [1.29, 1.82) is 10.7 Å². The average Bonchev–Trinajstić information content (AvgIpc) is 2.77. The molecule has 1 unspecified atom stereocenters. The van der Waals surface area contributed by atoms with Crippen molar-refractivity contribution in [3.63, 3.8) is 0 Å². The van der Waals surface area contributed by atoms with Gasteiger partial charge in [0.25, 0.3) is 0 Å². The summed E-state index contributed by atoms with van der Waals surface area (Å²) in [5.41, 5.74) is 5.90. The van der Waals surface area contributed by atoms with Crippen LogP contribution in [-0.2, 0) is 11.2 Å². The molecule has 0 spiro atoms. The van der Waals surface area contributed by atoms with Gasteiger partial charge in [-0.3, -0.25) is 10.2 Å². The smallest absolute Gasteiger partial charge is 0.241 e. The molecule has 0 radical (unpaired) electrons. The third-order valence-corrected chi connectivity index (χ3v) is 4.66. The molecule has 1 aromatic rings. The Morgan fingerprint density at radius 3 is 3.00 bits per heavy atom. The number of rotatable bonds is 1. The molecule has 0 bridgehead atoms. The van der Waals surface area contributed by atoms with Crippen LogP contribution in [0.3, 0.4) is 0 Å². The Hall–Kier alpha value is -2.33. The fourth-order valence-electron chi connectivity index (χ4n) is 3.09. The van der Waals surface area contributed by atoms with Gasteiger partial charge in [-0.2, -0.15) is 10.4 Å². The summed E-state index contributed by atoms with van der Waals surface area (Å²) in [5.74, 6) is -0.0675. The predicted octanol–water partition coefficient (Wildman–Crippen LogP) is 2.06. The van der Waals surface area contributed by atoms with E-state index in [0.717, 1.165) is 16.8 Å². The minimum atomic E-state index is -0.284. The number of carbonyl (C=O) groups is 1. The molecule has 1 aliphatic carbocycles. The molecule has 1 atom stereocenters. The van der Waals surface area contributed by atoms with Crippen molar-refractivity contribution in [2.24, 2.45) is 10.5 Å². The maximum absolute atomic E-state index is 11.6. The lowest BCUT2D eigenvalue weighted by Crippen LogP contribution is -2.38. The van der Waals surface area contributed by atoms with Gasteiger partial charge in [-0.25, -0.2) is 10.3 Å². The molecule has 1 aromatic carbocycles. The van der Waals surface area contributed by atoms with Gasteiger partial charge in [0.1, 0.15) is 0 Å². The lowest BCUT2D eigenvalue weighted by molar-refractivity contribution is -0.122. The van der Waals surface area contributed by atoms with Crippen LogP contribution in [0.5, 0.6) is 0 Å². The highest BCUT2D eigenvalue weighted by Crippen LogP contribution is 2.42. The van der Waals surface area contributed by atoms with E-state index in [4.69, 9.17) is 5.41 Å². The van der Waals surface area contributed by atoms with Gasteiger partial charge < -0.3 is 0 Å². The Morgan fingerprint density at radius 2 is 2.32 bits per heavy atom. The van der Waals surface area contributed by atoms with Gasteiger partial charge in [-0.15, -0.1) is 0 Å². The standard InChI is InChI=1S/C15H15N5OS/c1-15-6-9-5-10(20(8-16)14(17)22-2)3-4-11(9)13(15)19-18-12(21)7-15/h3-5,17H,6-7H2,1-2H3,(H,18,21). The Bertz CT molecular complexity index is 751. The molecule has 7 heteroatoms. The zero-order chi connectivity index (χ0) is 15.9. The molecular weight excluding hydrogens is 298 g/mol. The molecule has 6 nitrogen and oxygen atoms in total. The van der Waals surface area contributed by atoms with Crippen LogP contribution in [0, 0.1) is 22.3 Å². The predicted molar refractivity (Wildman–Crippen MR) is 86.9 cm³/mol. The third-order valence-electron chi connectivity index (χ3n) is 4.09. The van der Waals surface area contributed by atoms with Crippen molar-refractivity contribution in [2.45, 2.75) is 19.8 Å². The highest BCUT2D eigenvalue weighted by Gasteiger charge is 2.43. The van der Waals surface area contributed by atoms with Crippen molar-refractivity contribution in [3.05, 3.63) is 29.3 Å². The van der Waals surface area contributed by atoms with E-state index in [-0.39, 0.29) is 16.5 Å². The Kier molecular flexibility index (Phi) is 3.41. The number of nitrogens with one attached hydrogen (secondary N) is 2. The number of nitrogens with zero attached hydrogens (tertiary/aromatic N) is 3. The minimum Gasteiger partial charge on any atom is -0.278 e.